The molecule has 0 spiro atoms. The molecule has 114 valence electrons. The van der Waals surface area contributed by atoms with E-state index < -0.39 is 0 Å². The maximum atomic E-state index is 5.31. The first kappa shape index (κ1) is 15.7. The van der Waals surface area contributed by atoms with Gasteiger partial charge >= 0.3 is 0 Å². The van der Waals surface area contributed by atoms with E-state index in [9.17, 15) is 0 Å². The fraction of sp³-hybridized carbons (Fsp3) is 0.467. The van der Waals surface area contributed by atoms with Gasteiger partial charge < -0.3 is 14.8 Å². The van der Waals surface area contributed by atoms with E-state index in [1.54, 1.807) is 14.2 Å². The molecular formula is C15H21N3O2S. The van der Waals surface area contributed by atoms with Gasteiger partial charge in [0.15, 0.2) is 0 Å². The largest absolute Gasteiger partial charge is 0.497 e. The van der Waals surface area contributed by atoms with Gasteiger partial charge in [0.2, 0.25) is 5.13 Å². The Morgan fingerprint density at radius 1 is 1.29 bits per heavy atom. The van der Waals surface area contributed by atoms with E-state index in [4.69, 9.17) is 9.47 Å². The summed E-state index contributed by atoms with van der Waals surface area (Å²) in [7, 11) is 3.35. The van der Waals surface area contributed by atoms with Gasteiger partial charge in [-0.3, -0.25) is 0 Å². The number of hydrogen-bond donors (Lipinski definition) is 1. The number of nitrogens with one attached hydrogen (secondary N) is 1. The number of aromatic nitrogens is 2. The second kappa shape index (κ2) is 7.38. The van der Waals surface area contributed by atoms with Gasteiger partial charge in [-0.1, -0.05) is 26.0 Å². The smallest absolute Gasteiger partial charge is 0.203 e. The fourth-order valence-corrected chi connectivity index (χ4v) is 2.68. The van der Waals surface area contributed by atoms with Gasteiger partial charge in [0, 0.05) is 24.6 Å². The Hall–Kier alpha value is -1.66. The highest BCUT2D eigenvalue weighted by Gasteiger charge is 2.15. The summed E-state index contributed by atoms with van der Waals surface area (Å²) in [6.45, 7) is 4.71. The Kier molecular flexibility index (Phi) is 5.52. The average Bonchev–Trinajstić information content (AvgIpc) is 2.96. The van der Waals surface area contributed by atoms with Crippen molar-refractivity contribution in [1.82, 2.24) is 9.36 Å². The molecule has 21 heavy (non-hydrogen) atoms. The Morgan fingerprint density at radius 2 is 2.10 bits per heavy atom. The van der Waals surface area contributed by atoms with Crippen LogP contribution in [0.15, 0.2) is 24.3 Å². The molecule has 1 aromatic heterocycles. The number of rotatable bonds is 7. The minimum atomic E-state index is 0.0121. The summed E-state index contributed by atoms with van der Waals surface area (Å²) in [5.74, 6) is 2.02. The lowest BCUT2D eigenvalue weighted by Gasteiger charge is -2.18. The van der Waals surface area contributed by atoms with Crippen molar-refractivity contribution in [3.63, 3.8) is 0 Å². The molecule has 0 radical (unpaired) electrons. The lowest BCUT2D eigenvalue weighted by atomic mass is 10.1. The predicted octanol–water partition coefficient (Wildman–Crippen LogP) is 3.47. The van der Waals surface area contributed by atoms with Crippen LogP contribution < -0.4 is 10.1 Å². The van der Waals surface area contributed by atoms with E-state index in [1.807, 2.05) is 24.3 Å². The first-order valence-electron chi connectivity index (χ1n) is 6.87. The van der Waals surface area contributed by atoms with Gasteiger partial charge in [0.05, 0.1) is 19.8 Å². The zero-order chi connectivity index (χ0) is 15.2. The molecule has 1 aromatic carbocycles. The minimum absolute atomic E-state index is 0.0121. The van der Waals surface area contributed by atoms with Gasteiger partial charge in [0.1, 0.15) is 11.6 Å². The lowest BCUT2D eigenvalue weighted by Crippen LogP contribution is -2.16. The number of benzene rings is 1. The van der Waals surface area contributed by atoms with E-state index >= 15 is 0 Å². The molecule has 0 saturated carbocycles. The minimum Gasteiger partial charge on any atom is -0.497 e. The van der Waals surface area contributed by atoms with Crippen LogP contribution in [0.3, 0.4) is 0 Å². The summed E-state index contributed by atoms with van der Waals surface area (Å²) < 4.78 is 14.9. The molecule has 0 bridgehead atoms. The second-order valence-electron chi connectivity index (χ2n) is 5.04. The zero-order valence-electron chi connectivity index (χ0n) is 12.8. The third kappa shape index (κ3) is 4.15. The van der Waals surface area contributed by atoms with Crippen LogP contribution in [-0.4, -0.2) is 30.2 Å². The normalized spacial score (nSPS) is 12.4. The highest BCUT2D eigenvalue weighted by molar-refractivity contribution is 7.09. The standard InChI is InChI=1S/C15H21N3O2S/c1-10(2)14-17-15(21-18-14)16-13(9-19-3)11-6-5-7-12(8-11)20-4/h5-8,10,13H,9H2,1-4H3,(H,16,17,18). The van der Waals surface area contributed by atoms with Gasteiger partial charge in [-0.15, -0.1) is 0 Å². The maximum Gasteiger partial charge on any atom is 0.203 e. The molecule has 2 aromatic rings. The molecule has 1 N–H and O–H groups in total. The Balaban J connectivity index is 2.17. The Morgan fingerprint density at radius 3 is 2.71 bits per heavy atom. The molecule has 2 rings (SSSR count). The molecule has 0 amide bonds. The topological polar surface area (TPSA) is 56.3 Å². The van der Waals surface area contributed by atoms with E-state index in [0.717, 1.165) is 22.3 Å². The summed E-state index contributed by atoms with van der Waals surface area (Å²) in [5.41, 5.74) is 1.09. The van der Waals surface area contributed by atoms with Gasteiger partial charge in [0.25, 0.3) is 0 Å². The van der Waals surface area contributed by atoms with Crippen molar-refractivity contribution < 1.29 is 9.47 Å². The van der Waals surface area contributed by atoms with Crippen LogP contribution in [-0.2, 0) is 4.74 Å². The van der Waals surface area contributed by atoms with Crippen molar-refractivity contribution in [2.75, 3.05) is 26.1 Å². The molecule has 0 aliphatic rings. The maximum absolute atomic E-state index is 5.31. The number of anilines is 1. The van der Waals surface area contributed by atoms with Crippen LogP contribution in [0.2, 0.25) is 0 Å². The van der Waals surface area contributed by atoms with Crippen LogP contribution >= 0.6 is 11.5 Å². The Labute approximate surface area is 129 Å². The van der Waals surface area contributed by atoms with E-state index in [2.05, 4.69) is 28.5 Å². The van der Waals surface area contributed by atoms with Gasteiger partial charge in [-0.05, 0) is 17.7 Å². The molecule has 1 heterocycles. The zero-order valence-corrected chi connectivity index (χ0v) is 13.6. The summed E-state index contributed by atoms with van der Waals surface area (Å²) in [5, 5.41) is 4.20. The summed E-state index contributed by atoms with van der Waals surface area (Å²) in [6, 6.07) is 7.95. The van der Waals surface area contributed by atoms with E-state index in [-0.39, 0.29) is 6.04 Å². The average molecular weight is 307 g/mol. The summed E-state index contributed by atoms with van der Waals surface area (Å²) in [4.78, 5) is 4.51. The number of nitrogens with zero attached hydrogens (tertiary/aromatic N) is 2. The van der Waals surface area contributed by atoms with Crippen molar-refractivity contribution in [2.45, 2.75) is 25.8 Å². The molecule has 1 unspecified atom stereocenters. The molecule has 0 aliphatic heterocycles. The van der Waals surface area contributed by atoms with Crippen LogP contribution in [0, 0.1) is 0 Å². The van der Waals surface area contributed by atoms with E-state index in [0.29, 0.717) is 12.5 Å². The van der Waals surface area contributed by atoms with Crippen molar-refractivity contribution in [1.29, 1.82) is 0 Å². The summed E-state index contributed by atoms with van der Waals surface area (Å²) >= 11 is 1.38. The number of ether oxygens (including phenoxy) is 2. The quantitative estimate of drug-likeness (QED) is 0.849. The molecule has 5 nitrogen and oxygen atoms in total. The molecule has 6 heteroatoms. The van der Waals surface area contributed by atoms with Crippen LogP contribution in [0.5, 0.6) is 5.75 Å². The van der Waals surface area contributed by atoms with Crippen molar-refractivity contribution >= 4 is 16.7 Å². The second-order valence-corrected chi connectivity index (χ2v) is 5.79. The molecular weight excluding hydrogens is 286 g/mol. The monoisotopic (exact) mass is 307 g/mol. The van der Waals surface area contributed by atoms with E-state index in [1.165, 1.54) is 11.5 Å². The first-order chi connectivity index (χ1) is 10.1. The van der Waals surface area contributed by atoms with Crippen LogP contribution in [0.1, 0.15) is 37.2 Å². The first-order valence-corrected chi connectivity index (χ1v) is 7.64. The Bertz CT molecular complexity index is 572. The van der Waals surface area contributed by atoms with Crippen molar-refractivity contribution in [2.24, 2.45) is 0 Å². The SMILES string of the molecule is COCC(Nc1nc(C(C)C)ns1)c1cccc(OC)c1. The molecule has 0 aliphatic carbocycles. The predicted molar refractivity (Wildman–Crippen MR) is 85.2 cm³/mol. The third-order valence-electron chi connectivity index (χ3n) is 3.09. The highest BCUT2D eigenvalue weighted by atomic mass is 32.1. The molecule has 0 fully saturated rings. The van der Waals surface area contributed by atoms with Crippen molar-refractivity contribution in [3.8, 4) is 5.75 Å². The summed E-state index contributed by atoms with van der Waals surface area (Å²) in [6.07, 6.45) is 0. The van der Waals surface area contributed by atoms with Crippen LogP contribution in [0.4, 0.5) is 5.13 Å². The van der Waals surface area contributed by atoms with Gasteiger partial charge in [-0.25, -0.2) is 4.98 Å². The third-order valence-corrected chi connectivity index (χ3v) is 3.75. The highest BCUT2D eigenvalue weighted by Crippen LogP contribution is 2.25. The fourth-order valence-electron chi connectivity index (χ4n) is 1.92. The number of methoxy groups -OCH3 is 2. The molecule has 1 atom stereocenters. The van der Waals surface area contributed by atoms with Crippen LogP contribution in [0.25, 0.3) is 0 Å². The van der Waals surface area contributed by atoms with Gasteiger partial charge in [-0.2, -0.15) is 4.37 Å². The van der Waals surface area contributed by atoms with Crippen molar-refractivity contribution in [3.05, 3.63) is 35.7 Å². The number of hydrogen-bond acceptors (Lipinski definition) is 6. The lowest BCUT2D eigenvalue weighted by molar-refractivity contribution is 0.186. The molecule has 0 saturated heterocycles.